The molecule has 20 heavy (non-hydrogen) atoms. The van der Waals surface area contributed by atoms with Gasteiger partial charge in [-0.25, -0.2) is 8.78 Å². The predicted octanol–water partition coefficient (Wildman–Crippen LogP) is 3.10. The Morgan fingerprint density at radius 3 is 2.40 bits per heavy atom. The van der Waals surface area contributed by atoms with Gasteiger partial charge in [-0.1, -0.05) is 0 Å². The van der Waals surface area contributed by atoms with Gasteiger partial charge in [0.2, 0.25) is 0 Å². The van der Waals surface area contributed by atoms with Crippen LogP contribution < -0.4 is 5.32 Å². The molecule has 3 nitrogen and oxygen atoms in total. The molecule has 0 unspecified atom stereocenters. The van der Waals surface area contributed by atoms with Gasteiger partial charge in [0.05, 0.1) is 12.2 Å². The Morgan fingerprint density at radius 2 is 1.80 bits per heavy atom. The molecule has 0 saturated heterocycles. The van der Waals surface area contributed by atoms with Crippen LogP contribution >= 0.6 is 0 Å². The van der Waals surface area contributed by atoms with Crippen LogP contribution in [0.3, 0.4) is 0 Å². The second-order valence-corrected chi connectivity index (χ2v) is 5.89. The van der Waals surface area contributed by atoms with E-state index >= 15 is 0 Å². The van der Waals surface area contributed by atoms with E-state index in [0.717, 1.165) is 11.8 Å². The summed E-state index contributed by atoms with van der Waals surface area (Å²) >= 11 is 0. The summed E-state index contributed by atoms with van der Waals surface area (Å²) in [6, 6.07) is 5.40. The Hall–Kier alpha value is -1.75. The SMILES string of the molecule is CC(C)(C)NCc1ccn(Cc2cc(F)cc(F)c2)n1. The van der Waals surface area contributed by atoms with Gasteiger partial charge in [-0.15, -0.1) is 0 Å². The van der Waals surface area contributed by atoms with Crippen molar-refractivity contribution < 1.29 is 8.78 Å². The molecule has 1 N–H and O–H groups in total. The van der Waals surface area contributed by atoms with E-state index in [1.54, 1.807) is 4.68 Å². The molecule has 0 atom stereocenters. The van der Waals surface area contributed by atoms with Crippen molar-refractivity contribution in [3.8, 4) is 0 Å². The van der Waals surface area contributed by atoms with Crippen molar-refractivity contribution in [1.82, 2.24) is 15.1 Å². The third-order valence-electron chi connectivity index (χ3n) is 2.76. The van der Waals surface area contributed by atoms with Gasteiger partial charge in [-0.05, 0) is 44.5 Å². The van der Waals surface area contributed by atoms with Gasteiger partial charge < -0.3 is 5.32 Å². The zero-order valence-electron chi connectivity index (χ0n) is 12.0. The van der Waals surface area contributed by atoms with E-state index < -0.39 is 11.6 Å². The maximum atomic E-state index is 13.1. The average molecular weight is 279 g/mol. The maximum Gasteiger partial charge on any atom is 0.126 e. The fraction of sp³-hybridized carbons (Fsp3) is 0.400. The lowest BCUT2D eigenvalue weighted by Gasteiger charge is -2.19. The van der Waals surface area contributed by atoms with Gasteiger partial charge in [0, 0.05) is 24.3 Å². The summed E-state index contributed by atoms with van der Waals surface area (Å²) in [5, 5.41) is 7.71. The number of rotatable bonds is 4. The molecule has 2 aromatic rings. The first-order valence-corrected chi connectivity index (χ1v) is 6.54. The molecule has 0 aliphatic carbocycles. The van der Waals surface area contributed by atoms with Crippen molar-refractivity contribution in [3.63, 3.8) is 0 Å². The first-order chi connectivity index (χ1) is 9.32. The number of aromatic nitrogens is 2. The van der Waals surface area contributed by atoms with Crippen LogP contribution in [0.4, 0.5) is 8.78 Å². The van der Waals surface area contributed by atoms with E-state index in [-0.39, 0.29) is 5.54 Å². The lowest BCUT2D eigenvalue weighted by atomic mass is 10.1. The Kier molecular flexibility index (Phi) is 4.18. The topological polar surface area (TPSA) is 29.9 Å². The van der Waals surface area contributed by atoms with Crippen LogP contribution in [-0.4, -0.2) is 15.3 Å². The Bertz CT molecular complexity index is 565. The number of halogens is 2. The zero-order chi connectivity index (χ0) is 14.8. The molecule has 5 heteroatoms. The van der Waals surface area contributed by atoms with E-state index in [9.17, 15) is 8.78 Å². The lowest BCUT2D eigenvalue weighted by Crippen LogP contribution is -2.35. The van der Waals surface area contributed by atoms with Gasteiger partial charge >= 0.3 is 0 Å². The number of hydrogen-bond acceptors (Lipinski definition) is 2. The van der Waals surface area contributed by atoms with E-state index in [0.29, 0.717) is 18.7 Å². The summed E-state index contributed by atoms with van der Waals surface area (Å²) in [6.07, 6.45) is 1.81. The summed E-state index contributed by atoms with van der Waals surface area (Å²) in [4.78, 5) is 0. The van der Waals surface area contributed by atoms with Crippen LogP contribution in [0, 0.1) is 11.6 Å². The minimum Gasteiger partial charge on any atom is -0.306 e. The molecule has 0 bridgehead atoms. The molecule has 0 radical (unpaired) electrons. The normalized spacial score (nSPS) is 11.8. The van der Waals surface area contributed by atoms with Crippen molar-refractivity contribution in [2.24, 2.45) is 0 Å². The molecule has 2 rings (SSSR count). The Morgan fingerprint density at radius 1 is 1.15 bits per heavy atom. The molecule has 0 saturated carbocycles. The zero-order valence-corrected chi connectivity index (χ0v) is 12.0. The molecule has 0 spiro atoms. The van der Waals surface area contributed by atoms with E-state index in [2.05, 4.69) is 31.2 Å². The van der Waals surface area contributed by atoms with Gasteiger partial charge in [0.25, 0.3) is 0 Å². The first-order valence-electron chi connectivity index (χ1n) is 6.54. The minimum atomic E-state index is -0.568. The highest BCUT2D eigenvalue weighted by Gasteiger charge is 2.09. The van der Waals surface area contributed by atoms with Crippen molar-refractivity contribution in [2.45, 2.75) is 39.4 Å². The second-order valence-electron chi connectivity index (χ2n) is 5.89. The average Bonchev–Trinajstić information content (AvgIpc) is 2.72. The molecule has 0 amide bonds. The number of hydrogen-bond donors (Lipinski definition) is 1. The third kappa shape index (κ3) is 4.42. The van der Waals surface area contributed by atoms with Crippen LogP contribution in [0.1, 0.15) is 32.0 Å². The summed E-state index contributed by atoms with van der Waals surface area (Å²) in [7, 11) is 0. The summed E-state index contributed by atoms with van der Waals surface area (Å²) < 4.78 is 27.9. The smallest absolute Gasteiger partial charge is 0.126 e. The summed E-state index contributed by atoms with van der Waals surface area (Å²) in [5.74, 6) is -1.14. The highest BCUT2D eigenvalue weighted by atomic mass is 19.1. The summed E-state index contributed by atoms with van der Waals surface area (Å²) in [6.45, 7) is 7.26. The highest BCUT2D eigenvalue weighted by molar-refractivity contribution is 5.18. The molecule has 108 valence electrons. The third-order valence-corrected chi connectivity index (χ3v) is 2.76. The fourth-order valence-corrected chi connectivity index (χ4v) is 1.83. The molecule has 0 aliphatic rings. The molecular weight excluding hydrogens is 260 g/mol. The summed E-state index contributed by atoms with van der Waals surface area (Å²) in [5.41, 5.74) is 1.48. The van der Waals surface area contributed by atoms with Gasteiger partial charge in [0.15, 0.2) is 0 Å². The van der Waals surface area contributed by atoms with E-state index in [1.807, 2.05) is 12.3 Å². The molecule has 1 aromatic carbocycles. The van der Waals surface area contributed by atoms with Crippen LogP contribution in [0.5, 0.6) is 0 Å². The second kappa shape index (κ2) is 5.71. The Labute approximate surface area is 117 Å². The van der Waals surface area contributed by atoms with E-state index in [1.165, 1.54) is 12.1 Å². The fourth-order valence-electron chi connectivity index (χ4n) is 1.83. The van der Waals surface area contributed by atoms with Crippen molar-refractivity contribution in [2.75, 3.05) is 0 Å². The monoisotopic (exact) mass is 279 g/mol. The first kappa shape index (κ1) is 14.7. The van der Waals surface area contributed by atoms with Crippen molar-refractivity contribution >= 4 is 0 Å². The highest BCUT2D eigenvalue weighted by Crippen LogP contribution is 2.10. The molecule has 1 heterocycles. The standard InChI is InChI=1S/C15H19F2N3/c1-15(2,3)18-9-14-4-5-20(19-14)10-11-6-12(16)8-13(17)7-11/h4-8,18H,9-10H2,1-3H3. The molecule has 1 aromatic heterocycles. The molecule has 0 fully saturated rings. The quantitative estimate of drug-likeness (QED) is 0.932. The van der Waals surface area contributed by atoms with Gasteiger partial charge in [-0.2, -0.15) is 5.10 Å². The van der Waals surface area contributed by atoms with Gasteiger partial charge in [0.1, 0.15) is 11.6 Å². The van der Waals surface area contributed by atoms with Gasteiger partial charge in [-0.3, -0.25) is 4.68 Å². The largest absolute Gasteiger partial charge is 0.306 e. The Balaban J connectivity index is 2.02. The predicted molar refractivity (Wildman–Crippen MR) is 74.3 cm³/mol. The van der Waals surface area contributed by atoms with Crippen molar-refractivity contribution in [1.29, 1.82) is 0 Å². The minimum absolute atomic E-state index is 0.0233. The molecule has 0 aliphatic heterocycles. The van der Waals surface area contributed by atoms with E-state index in [4.69, 9.17) is 0 Å². The molecular formula is C15H19F2N3. The number of nitrogens with zero attached hydrogens (tertiary/aromatic N) is 2. The van der Waals surface area contributed by atoms with Crippen LogP contribution in [0.2, 0.25) is 0 Å². The van der Waals surface area contributed by atoms with Crippen LogP contribution in [-0.2, 0) is 13.1 Å². The number of nitrogens with one attached hydrogen (secondary N) is 1. The maximum absolute atomic E-state index is 13.1. The van der Waals surface area contributed by atoms with Crippen molar-refractivity contribution in [3.05, 3.63) is 53.4 Å². The lowest BCUT2D eigenvalue weighted by molar-refractivity contribution is 0.419. The number of benzene rings is 1. The van der Waals surface area contributed by atoms with Crippen LogP contribution in [0.15, 0.2) is 30.5 Å². The van der Waals surface area contributed by atoms with Crippen LogP contribution in [0.25, 0.3) is 0 Å².